The summed E-state index contributed by atoms with van der Waals surface area (Å²) >= 11 is 17.5. The van der Waals surface area contributed by atoms with Crippen LogP contribution in [0.25, 0.3) is 16.6 Å². The highest BCUT2D eigenvalue weighted by Crippen LogP contribution is 2.42. The van der Waals surface area contributed by atoms with Crippen LogP contribution in [0.1, 0.15) is 27.4 Å². The molecule has 1 unspecified atom stereocenters. The summed E-state index contributed by atoms with van der Waals surface area (Å²) in [6, 6.07) is 10.2. The van der Waals surface area contributed by atoms with Crippen molar-refractivity contribution in [2.45, 2.75) is 12.1 Å². The van der Waals surface area contributed by atoms with Gasteiger partial charge in [0.25, 0.3) is 0 Å². The standard InChI is InChI=1S/C21H11Cl3F4O2/c22-16-7-10(8-17(23)19(16)24)15(21(26,27)28)9-18(25)13-5-6-14(20(29)30)12-4-2-1-3-11(12)13/h1-9,15H,(H,29,30). The van der Waals surface area contributed by atoms with Crippen LogP contribution in [0.3, 0.4) is 0 Å². The Morgan fingerprint density at radius 1 is 0.933 bits per heavy atom. The van der Waals surface area contributed by atoms with Crippen LogP contribution in [-0.2, 0) is 0 Å². The van der Waals surface area contributed by atoms with E-state index < -0.39 is 23.9 Å². The Balaban J connectivity index is 2.19. The summed E-state index contributed by atoms with van der Waals surface area (Å²) in [5.74, 6) is -4.77. The fourth-order valence-corrected chi connectivity index (χ4v) is 3.68. The molecule has 0 amide bonds. The fourth-order valence-electron chi connectivity index (χ4n) is 3.06. The first kappa shape index (κ1) is 22.4. The van der Waals surface area contributed by atoms with E-state index in [2.05, 4.69) is 0 Å². The zero-order valence-electron chi connectivity index (χ0n) is 14.8. The molecule has 0 bridgehead atoms. The molecule has 0 aliphatic rings. The Labute approximate surface area is 183 Å². The second-order valence-electron chi connectivity index (χ2n) is 6.34. The number of carboxylic acid groups (broad SMARTS) is 1. The molecule has 0 radical (unpaired) electrons. The van der Waals surface area contributed by atoms with Crippen molar-refractivity contribution < 1.29 is 27.5 Å². The molecule has 0 aliphatic heterocycles. The first-order chi connectivity index (χ1) is 14.0. The molecule has 0 fully saturated rings. The van der Waals surface area contributed by atoms with E-state index in [1.54, 1.807) is 6.07 Å². The van der Waals surface area contributed by atoms with Crippen LogP contribution in [-0.4, -0.2) is 17.3 Å². The van der Waals surface area contributed by atoms with E-state index in [1.165, 1.54) is 18.2 Å². The van der Waals surface area contributed by atoms with Crippen molar-refractivity contribution in [2.24, 2.45) is 0 Å². The highest BCUT2D eigenvalue weighted by molar-refractivity contribution is 6.48. The molecule has 2 nitrogen and oxygen atoms in total. The summed E-state index contributed by atoms with van der Waals surface area (Å²) in [5.41, 5.74) is -0.648. The van der Waals surface area contributed by atoms with Crippen LogP contribution < -0.4 is 0 Å². The van der Waals surface area contributed by atoms with E-state index >= 15 is 4.39 Å². The lowest BCUT2D eigenvalue weighted by Crippen LogP contribution is -2.19. The van der Waals surface area contributed by atoms with E-state index in [-0.39, 0.29) is 42.5 Å². The van der Waals surface area contributed by atoms with Crippen molar-refractivity contribution in [1.29, 1.82) is 0 Å². The Kier molecular flexibility index (Phi) is 6.32. The topological polar surface area (TPSA) is 37.3 Å². The lowest BCUT2D eigenvalue weighted by atomic mass is 9.94. The number of aromatic carboxylic acids is 1. The van der Waals surface area contributed by atoms with Gasteiger partial charge in [-0.05, 0) is 40.6 Å². The third kappa shape index (κ3) is 4.41. The van der Waals surface area contributed by atoms with Gasteiger partial charge in [0.2, 0.25) is 0 Å². The van der Waals surface area contributed by atoms with Crippen LogP contribution in [0.5, 0.6) is 0 Å². The smallest absolute Gasteiger partial charge is 0.399 e. The minimum atomic E-state index is -4.85. The first-order valence-corrected chi connectivity index (χ1v) is 9.48. The number of allylic oxidation sites excluding steroid dienone is 1. The molecule has 1 N–H and O–H groups in total. The van der Waals surface area contributed by atoms with E-state index in [9.17, 15) is 23.1 Å². The van der Waals surface area contributed by atoms with Crippen molar-refractivity contribution in [1.82, 2.24) is 0 Å². The number of halogens is 7. The van der Waals surface area contributed by atoms with Gasteiger partial charge in [0.1, 0.15) is 11.7 Å². The number of rotatable bonds is 4. The van der Waals surface area contributed by atoms with Crippen molar-refractivity contribution >= 4 is 57.4 Å². The fraction of sp³-hybridized carbons (Fsp3) is 0.0952. The molecule has 156 valence electrons. The molecule has 0 aliphatic carbocycles. The van der Waals surface area contributed by atoms with Crippen LogP contribution >= 0.6 is 34.8 Å². The van der Waals surface area contributed by atoms with E-state index in [1.807, 2.05) is 0 Å². The quantitative estimate of drug-likeness (QED) is 0.304. The van der Waals surface area contributed by atoms with Gasteiger partial charge in [-0.3, -0.25) is 0 Å². The summed E-state index contributed by atoms with van der Waals surface area (Å²) in [6.07, 6.45) is -4.45. The number of carboxylic acids is 1. The SMILES string of the molecule is O=C(O)c1ccc(C(F)=CC(c2cc(Cl)c(Cl)c(Cl)c2)C(F)(F)F)c2ccccc12. The van der Waals surface area contributed by atoms with Gasteiger partial charge >= 0.3 is 12.1 Å². The van der Waals surface area contributed by atoms with Crippen LogP contribution in [0.4, 0.5) is 17.6 Å². The maximum atomic E-state index is 15.1. The van der Waals surface area contributed by atoms with Gasteiger partial charge in [-0.2, -0.15) is 13.2 Å². The van der Waals surface area contributed by atoms with E-state index in [0.29, 0.717) is 6.08 Å². The molecule has 30 heavy (non-hydrogen) atoms. The van der Waals surface area contributed by atoms with Crippen LogP contribution in [0, 0.1) is 0 Å². The minimum Gasteiger partial charge on any atom is -0.478 e. The summed E-state index contributed by atoms with van der Waals surface area (Å²) in [4.78, 5) is 11.4. The molecular weight excluding hydrogens is 467 g/mol. The molecule has 3 aromatic rings. The lowest BCUT2D eigenvalue weighted by Gasteiger charge is -2.19. The number of hydrogen-bond acceptors (Lipinski definition) is 1. The molecule has 0 heterocycles. The Morgan fingerprint density at radius 3 is 1.93 bits per heavy atom. The van der Waals surface area contributed by atoms with Gasteiger partial charge < -0.3 is 5.11 Å². The van der Waals surface area contributed by atoms with Crippen LogP contribution in [0.2, 0.25) is 15.1 Å². The molecule has 9 heteroatoms. The molecule has 0 saturated heterocycles. The third-order valence-corrected chi connectivity index (χ3v) is 5.64. The van der Waals surface area contributed by atoms with Crippen LogP contribution in [0.15, 0.2) is 54.6 Å². The highest BCUT2D eigenvalue weighted by atomic mass is 35.5. The zero-order chi connectivity index (χ0) is 22.2. The normalized spacial score (nSPS) is 13.5. The van der Waals surface area contributed by atoms with Crippen molar-refractivity contribution in [3.05, 3.63) is 86.4 Å². The average molecular weight is 478 g/mol. The lowest BCUT2D eigenvalue weighted by molar-refractivity contribution is -0.139. The van der Waals surface area contributed by atoms with Crippen molar-refractivity contribution in [3.8, 4) is 0 Å². The zero-order valence-corrected chi connectivity index (χ0v) is 17.0. The first-order valence-electron chi connectivity index (χ1n) is 8.34. The molecule has 1 atom stereocenters. The van der Waals surface area contributed by atoms with Gasteiger partial charge in [0, 0.05) is 5.56 Å². The monoisotopic (exact) mass is 476 g/mol. The van der Waals surface area contributed by atoms with Gasteiger partial charge in [0.05, 0.1) is 20.6 Å². The van der Waals surface area contributed by atoms with Gasteiger partial charge in [-0.25, -0.2) is 9.18 Å². The molecule has 3 aromatic carbocycles. The predicted molar refractivity (Wildman–Crippen MR) is 110 cm³/mol. The number of hydrogen-bond donors (Lipinski definition) is 1. The average Bonchev–Trinajstić information content (AvgIpc) is 2.67. The second-order valence-corrected chi connectivity index (χ2v) is 7.54. The van der Waals surface area contributed by atoms with Gasteiger partial charge in [-0.15, -0.1) is 0 Å². The highest BCUT2D eigenvalue weighted by Gasteiger charge is 2.40. The predicted octanol–water partition coefficient (Wildman–Crippen LogP) is 8.15. The number of fused-ring (bicyclic) bond motifs is 1. The summed E-state index contributed by atoms with van der Waals surface area (Å²) in [7, 11) is 0. The molecule has 3 rings (SSSR count). The largest absolute Gasteiger partial charge is 0.478 e. The molecule has 0 saturated carbocycles. The molecule has 0 aromatic heterocycles. The van der Waals surface area contributed by atoms with Gasteiger partial charge in [-0.1, -0.05) is 65.1 Å². The Hall–Kier alpha value is -2.28. The number of carbonyl (C=O) groups is 1. The van der Waals surface area contributed by atoms with E-state index in [4.69, 9.17) is 34.8 Å². The maximum Gasteiger partial charge on any atom is 0.399 e. The molecule has 0 spiro atoms. The van der Waals surface area contributed by atoms with Crippen molar-refractivity contribution in [2.75, 3.05) is 0 Å². The van der Waals surface area contributed by atoms with Gasteiger partial charge in [0.15, 0.2) is 0 Å². The van der Waals surface area contributed by atoms with Crippen molar-refractivity contribution in [3.63, 3.8) is 0 Å². The second kappa shape index (κ2) is 8.46. The summed E-state index contributed by atoms with van der Waals surface area (Å²) < 4.78 is 56.2. The third-order valence-electron chi connectivity index (χ3n) is 4.44. The number of alkyl halides is 3. The summed E-state index contributed by atoms with van der Waals surface area (Å²) in [5, 5.41) is 9.16. The maximum absolute atomic E-state index is 15.1. The van der Waals surface area contributed by atoms with E-state index in [0.717, 1.165) is 24.3 Å². The Morgan fingerprint density at radius 2 is 1.43 bits per heavy atom. The minimum absolute atomic E-state index is 0.0919. The molecular formula is C21H11Cl3F4O2. The summed E-state index contributed by atoms with van der Waals surface area (Å²) in [6.45, 7) is 0. The number of benzene rings is 3. The Bertz CT molecular complexity index is 1150.